The third-order valence-electron chi connectivity index (χ3n) is 3.27. The molecule has 0 atom stereocenters. The number of benzene rings is 1. The molecule has 0 radical (unpaired) electrons. The molecule has 1 heterocycles. The van der Waals surface area contributed by atoms with Crippen LogP contribution in [0.25, 0.3) is 0 Å². The highest BCUT2D eigenvalue weighted by Crippen LogP contribution is 2.17. The molecule has 1 aromatic carbocycles. The van der Waals surface area contributed by atoms with Crippen LogP contribution in [0.15, 0.2) is 24.3 Å². The Morgan fingerprint density at radius 1 is 1.32 bits per heavy atom. The zero-order chi connectivity index (χ0) is 13.7. The van der Waals surface area contributed by atoms with Gasteiger partial charge in [-0.1, -0.05) is 11.6 Å². The molecule has 0 aromatic heterocycles. The topological polar surface area (TPSA) is 49.8 Å². The molecule has 5 heteroatoms. The van der Waals surface area contributed by atoms with Crippen LogP contribution in [0.5, 0.6) is 0 Å². The Balaban J connectivity index is 1.87. The maximum Gasteiger partial charge on any atom is 0.253 e. The van der Waals surface area contributed by atoms with Gasteiger partial charge in [-0.2, -0.15) is 0 Å². The summed E-state index contributed by atoms with van der Waals surface area (Å²) in [4.78, 5) is 14.1. The Bertz CT molecular complexity index is 413. The van der Waals surface area contributed by atoms with Gasteiger partial charge in [0.05, 0.1) is 19.3 Å². The van der Waals surface area contributed by atoms with Crippen LogP contribution in [0.3, 0.4) is 0 Å². The lowest BCUT2D eigenvalue weighted by Crippen LogP contribution is -2.41. The maximum absolute atomic E-state index is 12.2. The Morgan fingerprint density at radius 2 is 1.95 bits per heavy atom. The Hall–Kier alpha value is -1.10. The summed E-state index contributed by atoms with van der Waals surface area (Å²) in [6.45, 7) is 1.80. The van der Waals surface area contributed by atoms with Gasteiger partial charge in [-0.25, -0.2) is 0 Å². The molecule has 0 saturated carbocycles. The van der Waals surface area contributed by atoms with Gasteiger partial charge in [-0.05, 0) is 37.1 Å². The number of hydrogen-bond donors (Lipinski definition) is 1. The SMILES string of the molecule is O=C(c1ccc(Cl)cc1)N1CCC(OCCO)CC1. The first kappa shape index (κ1) is 14.3. The summed E-state index contributed by atoms with van der Waals surface area (Å²) in [6, 6.07) is 6.95. The predicted octanol–water partition coefficient (Wildman–Crippen LogP) is 1.95. The minimum atomic E-state index is 0.0391. The van der Waals surface area contributed by atoms with Crippen LogP contribution in [0.4, 0.5) is 0 Å². The lowest BCUT2D eigenvalue weighted by Gasteiger charge is -2.32. The number of rotatable bonds is 4. The molecule has 4 nitrogen and oxygen atoms in total. The van der Waals surface area contributed by atoms with Crippen LogP contribution in [-0.2, 0) is 4.74 Å². The van der Waals surface area contributed by atoms with Gasteiger partial charge in [-0.3, -0.25) is 4.79 Å². The summed E-state index contributed by atoms with van der Waals surface area (Å²) in [5.41, 5.74) is 0.666. The van der Waals surface area contributed by atoms with Crippen molar-refractivity contribution in [2.75, 3.05) is 26.3 Å². The van der Waals surface area contributed by atoms with Gasteiger partial charge < -0.3 is 14.7 Å². The van der Waals surface area contributed by atoms with Crippen molar-refractivity contribution in [1.82, 2.24) is 4.90 Å². The number of halogens is 1. The molecule has 0 unspecified atom stereocenters. The van der Waals surface area contributed by atoms with Crippen molar-refractivity contribution in [3.05, 3.63) is 34.9 Å². The number of piperidine rings is 1. The van der Waals surface area contributed by atoms with Gasteiger partial charge in [0.15, 0.2) is 0 Å². The minimum Gasteiger partial charge on any atom is -0.394 e. The van der Waals surface area contributed by atoms with Gasteiger partial charge in [0.1, 0.15) is 0 Å². The lowest BCUT2D eigenvalue weighted by atomic mass is 10.1. The van der Waals surface area contributed by atoms with Crippen LogP contribution in [0.2, 0.25) is 5.02 Å². The van der Waals surface area contributed by atoms with E-state index in [0.717, 1.165) is 12.8 Å². The number of carbonyl (C=O) groups excluding carboxylic acids is 1. The number of aliphatic hydroxyl groups is 1. The van der Waals surface area contributed by atoms with E-state index in [1.807, 2.05) is 4.90 Å². The maximum atomic E-state index is 12.2. The van der Waals surface area contributed by atoms with Crippen LogP contribution in [0.1, 0.15) is 23.2 Å². The summed E-state index contributed by atoms with van der Waals surface area (Å²) in [5.74, 6) is 0.0391. The van der Waals surface area contributed by atoms with E-state index in [1.54, 1.807) is 24.3 Å². The smallest absolute Gasteiger partial charge is 0.253 e. The first-order valence-corrected chi connectivity index (χ1v) is 6.86. The average molecular weight is 284 g/mol. The average Bonchev–Trinajstić information content (AvgIpc) is 2.46. The van der Waals surface area contributed by atoms with Crippen LogP contribution >= 0.6 is 11.6 Å². The van der Waals surface area contributed by atoms with Crippen molar-refractivity contribution in [2.45, 2.75) is 18.9 Å². The summed E-state index contributed by atoms with van der Waals surface area (Å²) >= 11 is 5.81. The third-order valence-corrected chi connectivity index (χ3v) is 3.52. The van der Waals surface area contributed by atoms with Gasteiger partial charge in [0.2, 0.25) is 0 Å². The second-order valence-electron chi connectivity index (χ2n) is 4.59. The second kappa shape index (κ2) is 6.89. The highest BCUT2D eigenvalue weighted by atomic mass is 35.5. The predicted molar refractivity (Wildman–Crippen MR) is 73.4 cm³/mol. The molecule has 2 rings (SSSR count). The normalized spacial score (nSPS) is 16.6. The number of ether oxygens (including phenoxy) is 1. The molecule has 1 N–H and O–H groups in total. The quantitative estimate of drug-likeness (QED) is 0.919. The Labute approximate surface area is 117 Å². The van der Waals surface area contributed by atoms with Crippen molar-refractivity contribution in [3.8, 4) is 0 Å². The van der Waals surface area contributed by atoms with E-state index in [2.05, 4.69) is 0 Å². The molecule has 1 saturated heterocycles. The van der Waals surface area contributed by atoms with E-state index in [4.69, 9.17) is 21.4 Å². The molecule has 1 aromatic rings. The highest BCUT2D eigenvalue weighted by molar-refractivity contribution is 6.30. The largest absolute Gasteiger partial charge is 0.394 e. The summed E-state index contributed by atoms with van der Waals surface area (Å²) in [5, 5.41) is 9.34. The molecule has 0 aliphatic carbocycles. The van der Waals surface area contributed by atoms with E-state index < -0.39 is 0 Å². The first-order chi connectivity index (χ1) is 9.20. The molecular weight excluding hydrogens is 266 g/mol. The van der Waals surface area contributed by atoms with E-state index in [9.17, 15) is 4.79 Å². The van der Waals surface area contributed by atoms with E-state index >= 15 is 0 Å². The number of hydrogen-bond acceptors (Lipinski definition) is 3. The number of carbonyl (C=O) groups is 1. The molecule has 1 amide bonds. The standard InChI is InChI=1S/C14H18ClNO3/c15-12-3-1-11(2-4-12)14(18)16-7-5-13(6-8-16)19-10-9-17/h1-4,13,17H,5-10H2. The summed E-state index contributed by atoms with van der Waals surface area (Å²) in [6.07, 6.45) is 1.79. The molecule has 1 fully saturated rings. The molecule has 1 aliphatic rings. The van der Waals surface area contributed by atoms with Gasteiger partial charge in [-0.15, -0.1) is 0 Å². The zero-order valence-electron chi connectivity index (χ0n) is 10.7. The fraction of sp³-hybridized carbons (Fsp3) is 0.500. The van der Waals surface area contributed by atoms with Gasteiger partial charge in [0.25, 0.3) is 5.91 Å². The third kappa shape index (κ3) is 3.93. The van der Waals surface area contributed by atoms with Crippen LogP contribution in [-0.4, -0.2) is 48.3 Å². The molecule has 19 heavy (non-hydrogen) atoms. The Morgan fingerprint density at radius 3 is 2.53 bits per heavy atom. The summed E-state index contributed by atoms with van der Waals surface area (Å²) < 4.78 is 5.48. The number of aliphatic hydroxyl groups excluding tert-OH is 1. The monoisotopic (exact) mass is 283 g/mol. The fourth-order valence-corrected chi connectivity index (χ4v) is 2.35. The van der Waals surface area contributed by atoms with Crippen LogP contribution < -0.4 is 0 Å². The minimum absolute atomic E-state index is 0.0391. The molecule has 1 aliphatic heterocycles. The molecular formula is C14H18ClNO3. The van der Waals surface area contributed by atoms with Crippen LogP contribution in [0, 0.1) is 0 Å². The van der Waals surface area contributed by atoms with E-state index in [0.29, 0.717) is 30.3 Å². The number of likely N-dealkylation sites (tertiary alicyclic amines) is 1. The molecule has 0 spiro atoms. The fourth-order valence-electron chi connectivity index (χ4n) is 2.22. The van der Waals surface area contributed by atoms with Gasteiger partial charge >= 0.3 is 0 Å². The second-order valence-corrected chi connectivity index (χ2v) is 5.03. The zero-order valence-corrected chi connectivity index (χ0v) is 11.5. The molecule has 0 bridgehead atoms. The van der Waals surface area contributed by atoms with Crippen molar-refractivity contribution < 1.29 is 14.6 Å². The number of nitrogens with zero attached hydrogens (tertiary/aromatic N) is 1. The van der Waals surface area contributed by atoms with Crippen molar-refractivity contribution in [3.63, 3.8) is 0 Å². The van der Waals surface area contributed by atoms with E-state index in [1.165, 1.54) is 0 Å². The first-order valence-electron chi connectivity index (χ1n) is 6.48. The van der Waals surface area contributed by atoms with Crippen molar-refractivity contribution >= 4 is 17.5 Å². The van der Waals surface area contributed by atoms with E-state index in [-0.39, 0.29) is 18.6 Å². The number of amides is 1. The van der Waals surface area contributed by atoms with Gasteiger partial charge in [0, 0.05) is 23.7 Å². The van der Waals surface area contributed by atoms with Crippen molar-refractivity contribution in [2.24, 2.45) is 0 Å². The summed E-state index contributed by atoms with van der Waals surface area (Å²) in [7, 11) is 0. The Kier molecular flexibility index (Phi) is 5.19. The highest BCUT2D eigenvalue weighted by Gasteiger charge is 2.23. The van der Waals surface area contributed by atoms with Crippen molar-refractivity contribution in [1.29, 1.82) is 0 Å². The molecule has 104 valence electrons. The lowest BCUT2D eigenvalue weighted by molar-refractivity contribution is -0.00554.